The smallest absolute Gasteiger partial charge is 0.343 e. The van der Waals surface area contributed by atoms with Crippen LogP contribution in [0.3, 0.4) is 0 Å². The topological polar surface area (TPSA) is 52.6 Å². The molecule has 4 rings (SSSR count). The summed E-state index contributed by atoms with van der Waals surface area (Å²) >= 11 is 0. The predicted molar refractivity (Wildman–Crippen MR) is 134 cm³/mol. The van der Waals surface area contributed by atoms with Crippen molar-refractivity contribution in [1.29, 1.82) is 0 Å². The summed E-state index contributed by atoms with van der Waals surface area (Å²) in [7, 11) is 0. The zero-order valence-electron chi connectivity index (χ0n) is 19.0. The van der Waals surface area contributed by atoms with Crippen LogP contribution in [-0.2, 0) is 0 Å². The van der Waals surface area contributed by atoms with Crippen molar-refractivity contribution in [2.45, 2.75) is 13.8 Å². The van der Waals surface area contributed by atoms with Crippen LogP contribution in [0, 0.1) is 13.8 Å². The standard InChI is InChI=1S/C30H24O4/c1-21-5-3-7-27(19-21)33-29(31)25-15-11-23(12-16-25)9-10-24-13-17-26(18-14-24)30(32)34-28-8-4-6-22(2)20-28/h3-20H,1-2H3/b10-9+. The van der Waals surface area contributed by atoms with E-state index in [1.807, 2.05) is 86.7 Å². The normalized spacial score (nSPS) is 10.8. The molecular formula is C30H24O4. The van der Waals surface area contributed by atoms with E-state index in [0.29, 0.717) is 22.6 Å². The lowest BCUT2D eigenvalue weighted by atomic mass is 10.1. The van der Waals surface area contributed by atoms with Gasteiger partial charge in [-0.1, -0.05) is 60.7 Å². The van der Waals surface area contributed by atoms with Crippen molar-refractivity contribution in [3.05, 3.63) is 130 Å². The highest BCUT2D eigenvalue weighted by molar-refractivity contribution is 5.92. The molecule has 0 unspecified atom stereocenters. The maximum Gasteiger partial charge on any atom is 0.343 e. The third kappa shape index (κ3) is 6.08. The Morgan fingerprint density at radius 2 is 0.941 bits per heavy atom. The van der Waals surface area contributed by atoms with Gasteiger partial charge in [0.05, 0.1) is 11.1 Å². The molecule has 0 atom stereocenters. The number of carbonyl (C=O) groups is 2. The van der Waals surface area contributed by atoms with Crippen molar-refractivity contribution >= 4 is 24.1 Å². The summed E-state index contributed by atoms with van der Waals surface area (Å²) in [6, 6.07) is 29.1. The van der Waals surface area contributed by atoms with Crippen LogP contribution in [0.1, 0.15) is 43.0 Å². The minimum atomic E-state index is -0.394. The molecule has 0 saturated heterocycles. The van der Waals surface area contributed by atoms with E-state index >= 15 is 0 Å². The number of rotatable bonds is 6. The van der Waals surface area contributed by atoms with Crippen molar-refractivity contribution in [3.8, 4) is 11.5 Å². The zero-order valence-corrected chi connectivity index (χ0v) is 19.0. The van der Waals surface area contributed by atoms with Gasteiger partial charge < -0.3 is 9.47 Å². The fourth-order valence-electron chi connectivity index (χ4n) is 3.34. The van der Waals surface area contributed by atoms with E-state index < -0.39 is 11.9 Å². The summed E-state index contributed by atoms with van der Waals surface area (Å²) in [5, 5.41) is 0. The Morgan fingerprint density at radius 3 is 1.29 bits per heavy atom. The molecule has 0 heterocycles. The van der Waals surface area contributed by atoms with Gasteiger partial charge in [-0.2, -0.15) is 0 Å². The van der Waals surface area contributed by atoms with Crippen molar-refractivity contribution in [2.24, 2.45) is 0 Å². The van der Waals surface area contributed by atoms with E-state index in [-0.39, 0.29) is 0 Å². The Balaban J connectivity index is 1.36. The molecule has 168 valence electrons. The molecule has 4 aromatic carbocycles. The van der Waals surface area contributed by atoms with Crippen LogP contribution in [0.25, 0.3) is 12.2 Å². The van der Waals surface area contributed by atoms with Gasteiger partial charge in [0, 0.05) is 0 Å². The molecule has 0 bridgehead atoms. The van der Waals surface area contributed by atoms with Crippen LogP contribution in [0.5, 0.6) is 11.5 Å². The maximum atomic E-state index is 12.4. The second-order valence-electron chi connectivity index (χ2n) is 7.99. The molecule has 0 N–H and O–H groups in total. The molecule has 4 aromatic rings. The zero-order chi connectivity index (χ0) is 23.9. The van der Waals surface area contributed by atoms with Crippen LogP contribution in [0.15, 0.2) is 97.1 Å². The van der Waals surface area contributed by atoms with Crippen LogP contribution < -0.4 is 9.47 Å². The third-order valence-corrected chi connectivity index (χ3v) is 5.16. The maximum absolute atomic E-state index is 12.4. The number of benzene rings is 4. The highest BCUT2D eigenvalue weighted by atomic mass is 16.5. The molecule has 0 amide bonds. The van der Waals surface area contributed by atoms with Crippen molar-refractivity contribution in [1.82, 2.24) is 0 Å². The minimum absolute atomic E-state index is 0.394. The average molecular weight is 449 g/mol. The van der Waals surface area contributed by atoms with E-state index in [4.69, 9.17) is 9.47 Å². The highest BCUT2D eigenvalue weighted by Gasteiger charge is 2.09. The van der Waals surface area contributed by atoms with E-state index in [1.165, 1.54) is 0 Å². The van der Waals surface area contributed by atoms with Gasteiger partial charge in [-0.05, 0) is 84.6 Å². The molecule has 0 aromatic heterocycles. The molecule has 0 spiro atoms. The summed E-state index contributed by atoms with van der Waals surface area (Å²) in [6.07, 6.45) is 3.88. The Labute approximate surface area is 199 Å². The lowest BCUT2D eigenvalue weighted by Gasteiger charge is -2.06. The molecule has 4 nitrogen and oxygen atoms in total. The third-order valence-electron chi connectivity index (χ3n) is 5.16. The molecule has 0 aliphatic carbocycles. The summed E-state index contributed by atoms with van der Waals surface area (Å²) in [5.74, 6) is 0.268. The van der Waals surface area contributed by atoms with E-state index in [0.717, 1.165) is 22.3 Å². The van der Waals surface area contributed by atoms with E-state index in [9.17, 15) is 9.59 Å². The summed E-state index contributed by atoms with van der Waals surface area (Å²) in [4.78, 5) is 24.7. The number of hydrogen-bond acceptors (Lipinski definition) is 4. The van der Waals surface area contributed by atoms with Crippen LogP contribution in [-0.4, -0.2) is 11.9 Å². The highest BCUT2D eigenvalue weighted by Crippen LogP contribution is 2.17. The summed E-state index contributed by atoms with van der Waals surface area (Å²) < 4.78 is 10.9. The monoisotopic (exact) mass is 448 g/mol. The molecule has 34 heavy (non-hydrogen) atoms. The first-order valence-electron chi connectivity index (χ1n) is 10.9. The fraction of sp³-hybridized carbons (Fsp3) is 0.0667. The molecule has 0 fully saturated rings. The first-order chi connectivity index (χ1) is 16.5. The lowest BCUT2D eigenvalue weighted by Crippen LogP contribution is -2.08. The minimum Gasteiger partial charge on any atom is -0.423 e. The number of ether oxygens (including phenoxy) is 2. The molecule has 0 aliphatic rings. The van der Waals surface area contributed by atoms with E-state index in [1.54, 1.807) is 36.4 Å². The molecule has 0 radical (unpaired) electrons. The van der Waals surface area contributed by atoms with Crippen molar-refractivity contribution in [3.63, 3.8) is 0 Å². The Hall–Kier alpha value is -4.44. The lowest BCUT2D eigenvalue weighted by molar-refractivity contribution is 0.0725. The Bertz CT molecular complexity index is 1230. The SMILES string of the molecule is Cc1cccc(OC(=O)c2ccc(/C=C/c3ccc(C(=O)Oc4cccc(C)c4)cc3)cc2)c1. The van der Waals surface area contributed by atoms with Crippen molar-refractivity contribution in [2.75, 3.05) is 0 Å². The van der Waals surface area contributed by atoms with Gasteiger partial charge in [-0.25, -0.2) is 9.59 Å². The first-order valence-corrected chi connectivity index (χ1v) is 10.9. The van der Waals surface area contributed by atoms with Crippen LogP contribution >= 0.6 is 0 Å². The van der Waals surface area contributed by atoms with Crippen LogP contribution in [0.2, 0.25) is 0 Å². The average Bonchev–Trinajstić information content (AvgIpc) is 2.83. The van der Waals surface area contributed by atoms with Gasteiger partial charge in [0.2, 0.25) is 0 Å². The molecule has 0 aliphatic heterocycles. The predicted octanol–water partition coefficient (Wildman–Crippen LogP) is 6.91. The Kier molecular flexibility index (Phi) is 6.99. The summed E-state index contributed by atoms with van der Waals surface area (Å²) in [5.41, 5.74) is 4.90. The van der Waals surface area contributed by atoms with E-state index in [2.05, 4.69) is 0 Å². The largest absolute Gasteiger partial charge is 0.423 e. The quantitative estimate of drug-likeness (QED) is 0.183. The van der Waals surface area contributed by atoms with Crippen molar-refractivity contribution < 1.29 is 19.1 Å². The Morgan fingerprint density at radius 1 is 0.559 bits per heavy atom. The molecule has 4 heteroatoms. The second-order valence-corrected chi connectivity index (χ2v) is 7.99. The second kappa shape index (κ2) is 10.5. The summed E-state index contributed by atoms with van der Waals surface area (Å²) in [6.45, 7) is 3.90. The molecule has 0 saturated carbocycles. The first kappa shape index (κ1) is 22.7. The van der Waals surface area contributed by atoms with Gasteiger partial charge in [-0.15, -0.1) is 0 Å². The number of hydrogen-bond donors (Lipinski definition) is 0. The van der Waals surface area contributed by atoms with Gasteiger partial charge in [0.15, 0.2) is 0 Å². The number of esters is 2. The van der Waals surface area contributed by atoms with Gasteiger partial charge in [0.1, 0.15) is 11.5 Å². The molecular weight excluding hydrogens is 424 g/mol. The van der Waals surface area contributed by atoms with Gasteiger partial charge in [0.25, 0.3) is 0 Å². The number of carbonyl (C=O) groups excluding carboxylic acids is 2. The fourth-order valence-corrected chi connectivity index (χ4v) is 3.34. The van der Waals surface area contributed by atoms with Crippen LogP contribution in [0.4, 0.5) is 0 Å². The van der Waals surface area contributed by atoms with Gasteiger partial charge in [-0.3, -0.25) is 0 Å². The number of aryl methyl sites for hydroxylation is 2. The van der Waals surface area contributed by atoms with Gasteiger partial charge >= 0.3 is 11.9 Å².